The number of rotatable bonds is 5. The second-order valence-electron chi connectivity index (χ2n) is 5.60. The van der Waals surface area contributed by atoms with E-state index < -0.39 is 17.8 Å². The van der Waals surface area contributed by atoms with Gasteiger partial charge in [0.2, 0.25) is 5.91 Å². The number of carbonyl (C=O) groups excluding carboxylic acids is 2. The first kappa shape index (κ1) is 20.1. The van der Waals surface area contributed by atoms with Crippen LogP contribution in [0, 0.1) is 0 Å². The number of anilines is 2. The maximum Gasteiger partial charge on any atom is 0.416 e. The summed E-state index contributed by atoms with van der Waals surface area (Å²) in [6.07, 6.45) is -4.44. The fourth-order valence-electron chi connectivity index (χ4n) is 2.28. The largest absolute Gasteiger partial charge is 0.494 e. The zero-order chi connectivity index (χ0) is 20.0. The third-order valence-corrected chi connectivity index (χ3v) is 3.48. The van der Waals surface area contributed by atoms with Crippen LogP contribution in [-0.2, 0) is 17.5 Å². The molecule has 2 rings (SSSR count). The molecule has 3 N–H and O–H groups in total. The summed E-state index contributed by atoms with van der Waals surface area (Å²) >= 11 is 0. The second-order valence-corrected chi connectivity index (χ2v) is 5.60. The van der Waals surface area contributed by atoms with Gasteiger partial charge in [-0.1, -0.05) is 12.1 Å². The molecule has 0 bridgehead atoms. The first-order valence-electron chi connectivity index (χ1n) is 7.85. The lowest BCUT2D eigenvalue weighted by Gasteiger charge is -2.13. The Morgan fingerprint density at radius 3 is 2.44 bits per heavy atom. The predicted molar refractivity (Wildman–Crippen MR) is 94.6 cm³/mol. The Balaban J connectivity index is 1.99. The number of amides is 3. The number of nitrogens with one attached hydrogen (secondary N) is 3. The Morgan fingerprint density at radius 1 is 1.07 bits per heavy atom. The summed E-state index contributed by atoms with van der Waals surface area (Å²) in [5.41, 5.74) is 0.376. The lowest BCUT2D eigenvalue weighted by Crippen LogP contribution is -2.28. The number of hydrogen-bond donors (Lipinski definition) is 3. The molecule has 0 saturated heterocycles. The van der Waals surface area contributed by atoms with E-state index in [9.17, 15) is 22.8 Å². The van der Waals surface area contributed by atoms with Crippen molar-refractivity contribution in [1.29, 1.82) is 0 Å². The van der Waals surface area contributed by atoms with E-state index >= 15 is 0 Å². The zero-order valence-corrected chi connectivity index (χ0v) is 14.6. The minimum absolute atomic E-state index is 0.0726. The molecule has 9 heteroatoms. The van der Waals surface area contributed by atoms with Gasteiger partial charge in [-0.2, -0.15) is 13.2 Å². The molecule has 0 spiro atoms. The average Bonchev–Trinajstić information content (AvgIpc) is 2.60. The van der Waals surface area contributed by atoms with Crippen molar-refractivity contribution < 1.29 is 27.5 Å². The number of hydrogen-bond acceptors (Lipinski definition) is 3. The lowest BCUT2D eigenvalue weighted by atomic mass is 10.1. The molecule has 0 aliphatic rings. The van der Waals surface area contributed by atoms with Crippen molar-refractivity contribution >= 4 is 23.3 Å². The number of urea groups is 1. The van der Waals surface area contributed by atoms with Crippen LogP contribution in [0.4, 0.5) is 29.3 Å². The number of alkyl halides is 3. The third kappa shape index (κ3) is 5.91. The molecule has 0 radical (unpaired) electrons. The van der Waals surface area contributed by atoms with E-state index in [1.165, 1.54) is 32.2 Å². The number of carbonyl (C=O) groups is 2. The Hall–Kier alpha value is -3.23. The molecule has 3 amide bonds. The fraction of sp³-hybridized carbons (Fsp3) is 0.222. The van der Waals surface area contributed by atoms with Crippen molar-refractivity contribution in [3.63, 3.8) is 0 Å². The molecule has 0 aliphatic heterocycles. The monoisotopic (exact) mass is 381 g/mol. The normalized spacial score (nSPS) is 10.9. The van der Waals surface area contributed by atoms with Gasteiger partial charge in [-0.05, 0) is 29.8 Å². The molecule has 6 nitrogen and oxygen atoms in total. The van der Waals surface area contributed by atoms with Crippen LogP contribution in [-0.4, -0.2) is 19.0 Å². The molecule has 27 heavy (non-hydrogen) atoms. The second kappa shape index (κ2) is 8.43. The minimum atomic E-state index is -4.44. The summed E-state index contributed by atoms with van der Waals surface area (Å²) < 4.78 is 43.2. The van der Waals surface area contributed by atoms with Crippen LogP contribution in [0.1, 0.15) is 18.1 Å². The van der Waals surface area contributed by atoms with Crippen molar-refractivity contribution in [3.8, 4) is 5.75 Å². The van der Waals surface area contributed by atoms with Gasteiger partial charge in [0, 0.05) is 25.2 Å². The molecule has 0 fully saturated rings. The Kier molecular flexibility index (Phi) is 6.27. The van der Waals surface area contributed by atoms with Crippen molar-refractivity contribution in [2.75, 3.05) is 17.7 Å². The quantitative estimate of drug-likeness (QED) is 0.733. The molecule has 0 heterocycles. The van der Waals surface area contributed by atoms with E-state index in [4.69, 9.17) is 4.74 Å². The molecule has 0 saturated carbocycles. The molecule has 2 aromatic carbocycles. The molecule has 0 atom stereocenters. The Bertz CT molecular complexity index is 838. The smallest absolute Gasteiger partial charge is 0.416 e. The van der Waals surface area contributed by atoms with Crippen molar-refractivity contribution in [1.82, 2.24) is 5.32 Å². The van der Waals surface area contributed by atoms with E-state index in [1.807, 2.05) is 0 Å². The summed E-state index contributed by atoms with van der Waals surface area (Å²) in [6.45, 7) is 1.28. The summed E-state index contributed by atoms with van der Waals surface area (Å²) in [5.74, 6) is 0.0775. The van der Waals surface area contributed by atoms with Crippen LogP contribution < -0.4 is 20.7 Å². The standard InChI is InChI=1S/C18H18F3N3O3/c1-11(25)23-15-7-6-14(9-16(15)27-2)24-17(26)22-10-12-4-3-5-13(8-12)18(19,20)21/h3-9H,10H2,1-2H3,(H,23,25)(H2,22,24,26). The highest BCUT2D eigenvalue weighted by molar-refractivity contribution is 5.93. The van der Waals surface area contributed by atoms with Gasteiger partial charge >= 0.3 is 12.2 Å². The van der Waals surface area contributed by atoms with Gasteiger partial charge in [0.05, 0.1) is 18.4 Å². The Labute approximate surface area is 153 Å². The molecular formula is C18H18F3N3O3. The predicted octanol–water partition coefficient (Wildman–Crippen LogP) is 3.99. The topological polar surface area (TPSA) is 79.5 Å². The fourth-order valence-corrected chi connectivity index (χ4v) is 2.28. The molecular weight excluding hydrogens is 363 g/mol. The van der Waals surface area contributed by atoms with Gasteiger partial charge in [0.25, 0.3) is 0 Å². The first-order valence-corrected chi connectivity index (χ1v) is 7.85. The van der Waals surface area contributed by atoms with Crippen LogP contribution in [0.2, 0.25) is 0 Å². The summed E-state index contributed by atoms with van der Waals surface area (Å²) in [5, 5.41) is 7.61. The number of benzene rings is 2. The van der Waals surface area contributed by atoms with Crippen LogP contribution in [0.3, 0.4) is 0 Å². The van der Waals surface area contributed by atoms with E-state index in [2.05, 4.69) is 16.0 Å². The average molecular weight is 381 g/mol. The highest BCUT2D eigenvalue weighted by atomic mass is 19.4. The lowest BCUT2D eigenvalue weighted by molar-refractivity contribution is -0.137. The van der Waals surface area contributed by atoms with Crippen LogP contribution in [0.25, 0.3) is 0 Å². The number of halogens is 3. The Morgan fingerprint density at radius 2 is 1.81 bits per heavy atom. The maximum atomic E-state index is 12.7. The van der Waals surface area contributed by atoms with E-state index in [0.717, 1.165) is 12.1 Å². The molecule has 2 aromatic rings. The molecule has 144 valence electrons. The zero-order valence-electron chi connectivity index (χ0n) is 14.6. The highest BCUT2D eigenvalue weighted by Gasteiger charge is 2.30. The van der Waals surface area contributed by atoms with Gasteiger partial charge in [0.15, 0.2) is 0 Å². The molecule has 0 aliphatic carbocycles. The van der Waals surface area contributed by atoms with Gasteiger partial charge in [-0.25, -0.2) is 4.79 Å². The van der Waals surface area contributed by atoms with E-state index in [-0.39, 0.29) is 12.5 Å². The molecule has 0 aromatic heterocycles. The summed E-state index contributed by atoms with van der Waals surface area (Å²) in [7, 11) is 1.41. The first-order chi connectivity index (χ1) is 12.7. The highest BCUT2D eigenvalue weighted by Crippen LogP contribution is 2.30. The van der Waals surface area contributed by atoms with Crippen LogP contribution in [0.15, 0.2) is 42.5 Å². The van der Waals surface area contributed by atoms with Gasteiger partial charge in [0.1, 0.15) is 5.75 Å². The SMILES string of the molecule is COc1cc(NC(=O)NCc2cccc(C(F)(F)F)c2)ccc1NC(C)=O. The van der Waals surface area contributed by atoms with Crippen LogP contribution >= 0.6 is 0 Å². The van der Waals surface area contributed by atoms with Crippen molar-refractivity contribution in [2.24, 2.45) is 0 Å². The molecule has 0 unspecified atom stereocenters. The number of ether oxygens (including phenoxy) is 1. The van der Waals surface area contributed by atoms with Gasteiger partial charge in [-0.15, -0.1) is 0 Å². The van der Waals surface area contributed by atoms with Crippen LogP contribution in [0.5, 0.6) is 5.75 Å². The third-order valence-electron chi connectivity index (χ3n) is 3.48. The minimum Gasteiger partial charge on any atom is -0.494 e. The van der Waals surface area contributed by atoms with E-state index in [1.54, 1.807) is 12.1 Å². The maximum absolute atomic E-state index is 12.7. The van der Waals surface area contributed by atoms with Gasteiger partial charge in [-0.3, -0.25) is 4.79 Å². The van der Waals surface area contributed by atoms with Crippen molar-refractivity contribution in [2.45, 2.75) is 19.6 Å². The number of methoxy groups -OCH3 is 1. The van der Waals surface area contributed by atoms with E-state index in [0.29, 0.717) is 22.7 Å². The summed E-state index contributed by atoms with van der Waals surface area (Å²) in [4.78, 5) is 23.1. The van der Waals surface area contributed by atoms with Gasteiger partial charge < -0.3 is 20.7 Å². The van der Waals surface area contributed by atoms with Crippen molar-refractivity contribution in [3.05, 3.63) is 53.6 Å². The summed E-state index contributed by atoms with van der Waals surface area (Å²) in [6, 6.07) is 8.74.